The van der Waals surface area contributed by atoms with Crippen LogP contribution < -0.4 is 11.1 Å². The molecule has 20 heavy (non-hydrogen) atoms. The Kier molecular flexibility index (Phi) is 3.67. The molecule has 1 heterocycles. The van der Waals surface area contributed by atoms with E-state index in [-0.39, 0.29) is 31.2 Å². The highest BCUT2D eigenvalue weighted by molar-refractivity contribution is 7.92. The zero-order valence-electron chi connectivity index (χ0n) is 11.1. The highest BCUT2D eigenvalue weighted by atomic mass is 32.2. The van der Waals surface area contributed by atoms with Crippen molar-refractivity contribution in [2.24, 2.45) is 11.7 Å². The Bertz CT molecular complexity index is 534. The number of hydrogen-bond donors (Lipinski definition) is 4. The highest BCUT2D eigenvalue weighted by Crippen LogP contribution is 2.47. The van der Waals surface area contributed by atoms with Crippen LogP contribution in [-0.2, 0) is 19.4 Å². The van der Waals surface area contributed by atoms with E-state index in [1.54, 1.807) is 6.92 Å². The number of guanidine groups is 1. The average Bonchev–Trinajstić information content (AvgIpc) is 2.78. The molecule has 0 spiro atoms. The Balaban J connectivity index is 2.35. The second kappa shape index (κ2) is 4.88. The fourth-order valence-electron chi connectivity index (χ4n) is 3.31. The summed E-state index contributed by atoms with van der Waals surface area (Å²) in [5.41, 5.74) is 3.41. The molecule has 5 N–H and O–H groups in total. The van der Waals surface area contributed by atoms with E-state index in [0.29, 0.717) is 0 Å². The Morgan fingerprint density at radius 1 is 1.60 bits per heavy atom. The van der Waals surface area contributed by atoms with Crippen molar-refractivity contribution >= 4 is 21.8 Å². The number of hydrogen-bond acceptors (Lipinski definition) is 6. The van der Waals surface area contributed by atoms with Gasteiger partial charge in [0.1, 0.15) is 0 Å². The molecule has 4 atom stereocenters. The highest BCUT2D eigenvalue weighted by Gasteiger charge is 2.64. The number of esters is 1. The van der Waals surface area contributed by atoms with Gasteiger partial charge in [0.2, 0.25) is 0 Å². The fourth-order valence-corrected chi connectivity index (χ4v) is 5.69. The van der Waals surface area contributed by atoms with Crippen LogP contribution in [0.15, 0.2) is 0 Å². The van der Waals surface area contributed by atoms with Crippen LogP contribution in [0.5, 0.6) is 0 Å². The maximum Gasteiger partial charge on any atom is 0.338 e. The lowest BCUT2D eigenvalue weighted by atomic mass is 9.89. The van der Waals surface area contributed by atoms with E-state index < -0.39 is 38.6 Å². The van der Waals surface area contributed by atoms with Gasteiger partial charge in [-0.3, -0.25) is 5.41 Å². The normalized spacial score (nSPS) is 38.2. The number of nitrogens with two attached hydrogens (primary N) is 1. The average molecular weight is 305 g/mol. The van der Waals surface area contributed by atoms with Gasteiger partial charge in [-0.15, -0.1) is 0 Å². The molecule has 0 aromatic heterocycles. The van der Waals surface area contributed by atoms with Crippen LogP contribution in [0.1, 0.15) is 19.8 Å². The molecular weight excluding hydrogens is 286 g/mol. The van der Waals surface area contributed by atoms with Gasteiger partial charge in [0, 0.05) is 18.4 Å². The molecule has 0 aromatic rings. The summed E-state index contributed by atoms with van der Waals surface area (Å²) < 4.78 is 29.0. The number of ether oxygens (including phenoxy) is 1. The van der Waals surface area contributed by atoms with Gasteiger partial charge >= 0.3 is 5.97 Å². The summed E-state index contributed by atoms with van der Waals surface area (Å²) in [5, 5.41) is 19.4. The minimum atomic E-state index is -3.42. The van der Waals surface area contributed by atoms with E-state index in [1.807, 2.05) is 0 Å². The first-order chi connectivity index (χ1) is 9.22. The summed E-state index contributed by atoms with van der Waals surface area (Å²) >= 11 is 0. The minimum absolute atomic E-state index is 0.0832. The summed E-state index contributed by atoms with van der Waals surface area (Å²) in [6, 6.07) is -0.751. The molecule has 2 fully saturated rings. The van der Waals surface area contributed by atoms with Gasteiger partial charge in [-0.05, 0) is 13.3 Å². The third-order valence-electron chi connectivity index (χ3n) is 4.04. The van der Waals surface area contributed by atoms with Crippen LogP contribution in [0.4, 0.5) is 0 Å². The molecule has 2 rings (SSSR count). The monoisotopic (exact) mass is 305 g/mol. The number of carbonyl (C=O) groups excluding carboxylic acids is 1. The number of carbonyl (C=O) groups is 1. The lowest BCUT2D eigenvalue weighted by molar-refractivity contribution is -0.169. The zero-order valence-corrected chi connectivity index (χ0v) is 11.9. The summed E-state index contributed by atoms with van der Waals surface area (Å²) in [4.78, 5) is 12.0. The first kappa shape index (κ1) is 15.0. The predicted octanol–water partition coefficient (Wildman–Crippen LogP) is -1.66. The molecule has 1 saturated carbocycles. The summed E-state index contributed by atoms with van der Waals surface area (Å²) in [7, 11) is -3.42. The van der Waals surface area contributed by atoms with Crippen LogP contribution in [-0.4, -0.2) is 54.7 Å². The van der Waals surface area contributed by atoms with Crippen molar-refractivity contribution < 1.29 is 23.1 Å². The van der Waals surface area contributed by atoms with Gasteiger partial charge in [-0.25, -0.2) is 13.2 Å². The maximum atomic E-state index is 12.1. The van der Waals surface area contributed by atoms with Gasteiger partial charge < -0.3 is 20.9 Å². The first-order valence-corrected chi connectivity index (χ1v) is 8.15. The van der Waals surface area contributed by atoms with E-state index in [4.69, 9.17) is 15.9 Å². The lowest BCUT2D eigenvalue weighted by Crippen LogP contribution is -2.46. The molecular formula is C11H19N3O5S. The van der Waals surface area contributed by atoms with Crippen molar-refractivity contribution in [2.45, 2.75) is 36.7 Å². The van der Waals surface area contributed by atoms with Crippen LogP contribution >= 0.6 is 0 Å². The van der Waals surface area contributed by atoms with Gasteiger partial charge in [-0.1, -0.05) is 0 Å². The van der Waals surface area contributed by atoms with E-state index in [2.05, 4.69) is 5.32 Å². The van der Waals surface area contributed by atoms with Crippen molar-refractivity contribution in [1.29, 1.82) is 5.41 Å². The van der Waals surface area contributed by atoms with Crippen molar-refractivity contribution in [2.75, 3.05) is 12.4 Å². The smallest absolute Gasteiger partial charge is 0.338 e. The van der Waals surface area contributed by atoms with E-state index >= 15 is 0 Å². The Labute approximate surface area is 117 Å². The second-order valence-electron chi connectivity index (χ2n) is 5.24. The molecule has 1 saturated heterocycles. The number of fused-ring (bicyclic) bond motifs is 1. The minimum Gasteiger partial charge on any atom is -0.464 e. The number of nitrogens with one attached hydrogen (secondary N) is 2. The van der Waals surface area contributed by atoms with Gasteiger partial charge in [0.25, 0.3) is 0 Å². The Morgan fingerprint density at radius 3 is 2.80 bits per heavy atom. The topological polar surface area (TPSA) is 143 Å². The molecule has 0 aromatic carbocycles. The molecule has 2 aliphatic rings. The summed E-state index contributed by atoms with van der Waals surface area (Å²) in [5.74, 6) is -1.99. The molecule has 8 nitrogen and oxygen atoms in total. The summed E-state index contributed by atoms with van der Waals surface area (Å²) in [6.45, 7) is 1.72. The first-order valence-electron chi connectivity index (χ1n) is 6.44. The SMILES string of the molecule is CCOC(=O)[C@@]1(O)C[C@@H](NC(=N)N)[C@H]2[C@@H]1CCS2(=O)=O. The quantitative estimate of drug-likeness (QED) is 0.277. The number of sulfone groups is 1. The molecule has 9 heteroatoms. The molecule has 0 amide bonds. The number of aliphatic hydroxyl groups is 1. The largest absolute Gasteiger partial charge is 0.464 e. The molecule has 1 aliphatic carbocycles. The standard InChI is InChI=1S/C11H19N3O5S/c1-2-19-9(15)11(16)5-7(14-10(12)13)8-6(11)3-4-20(8,17)18/h6-8,16H,2-5H2,1H3,(H4,12,13,14)/t6-,7+,8+,11+/m0/s1. The molecule has 0 bridgehead atoms. The second-order valence-corrected chi connectivity index (χ2v) is 7.52. The van der Waals surface area contributed by atoms with Crippen LogP contribution in [0.25, 0.3) is 0 Å². The Morgan fingerprint density at radius 2 is 2.25 bits per heavy atom. The van der Waals surface area contributed by atoms with Gasteiger partial charge in [0.15, 0.2) is 21.4 Å². The van der Waals surface area contributed by atoms with Crippen molar-refractivity contribution in [3.63, 3.8) is 0 Å². The lowest BCUT2D eigenvalue weighted by Gasteiger charge is -2.25. The van der Waals surface area contributed by atoms with Crippen molar-refractivity contribution in [1.82, 2.24) is 5.32 Å². The van der Waals surface area contributed by atoms with E-state index in [0.717, 1.165) is 0 Å². The van der Waals surface area contributed by atoms with Crippen LogP contribution in [0, 0.1) is 11.3 Å². The molecule has 114 valence electrons. The fraction of sp³-hybridized carbons (Fsp3) is 0.818. The number of rotatable bonds is 3. The predicted molar refractivity (Wildman–Crippen MR) is 70.7 cm³/mol. The maximum absolute atomic E-state index is 12.1. The van der Waals surface area contributed by atoms with Crippen LogP contribution in [0.3, 0.4) is 0 Å². The third-order valence-corrected chi connectivity index (χ3v) is 6.33. The third kappa shape index (κ3) is 2.24. The molecule has 0 radical (unpaired) electrons. The van der Waals surface area contributed by atoms with Gasteiger partial charge in [-0.2, -0.15) is 0 Å². The van der Waals surface area contributed by atoms with Crippen molar-refractivity contribution in [3.05, 3.63) is 0 Å². The van der Waals surface area contributed by atoms with E-state index in [9.17, 15) is 18.3 Å². The van der Waals surface area contributed by atoms with E-state index in [1.165, 1.54) is 0 Å². The zero-order chi connectivity index (χ0) is 15.1. The molecule has 1 aliphatic heterocycles. The van der Waals surface area contributed by atoms with Gasteiger partial charge in [0.05, 0.1) is 17.6 Å². The summed E-state index contributed by atoms with van der Waals surface area (Å²) in [6.07, 6.45) is 0.0817. The molecule has 0 unspecified atom stereocenters. The van der Waals surface area contributed by atoms with Crippen molar-refractivity contribution in [3.8, 4) is 0 Å². The Hall–Kier alpha value is -1.35. The van der Waals surface area contributed by atoms with Crippen LogP contribution in [0.2, 0.25) is 0 Å².